The van der Waals surface area contributed by atoms with Gasteiger partial charge in [0.2, 0.25) is 0 Å². The normalized spacial score (nSPS) is 9.87. The lowest BCUT2D eigenvalue weighted by Gasteiger charge is -2.13. The van der Waals surface area contributed by atoms with E-state index in [9.17, 15) is 9.59 Å². The smallest absolute Gasteiger partial charge is 0.273 e. The number of methoxy groups -OCH3 is 2. The highest BCUT2D eigenvalue weighted by molar-refractivity contribution is 9.10. The second-order valence-electron chi connectivity index (χ2n) is 4.43. The van der Waals surface area contributed by atoms with Gasteiger partial charge in [-0.05, 0) is 40.2 Å². The summed E-state index contributed by atoms with van der Waals surface area (Å²) < 4.78 is 11.0. The van der Waals surface area contributed by atoms with Gasteiger partial charge < -0.3 is 9.47 Å². The maximum atomic E-state index is 12.2. The number of carbonyl (C=O) groups is 2. The molecular weight excluding hydrogens is 364 g/mol. The van der Waals surface area contributed by atoms with Crippen LogP contribution in [-0.2, 0) is 0 Å². The van der Waals surface area contributed by atoms with Gasteiger partial charge in [-0.15, -0.1) is 0 Å². The van der Waals surface area contributed by atoms with Gasteiger partial charge in [0.05, 0.1) is 25.3 Å². The monoisotopic (exact) mass is 378 g/mol. The van der Waals surface area contributed by atoms with E-state index in [1.807, 2.05) is 0 Å². The maximum absolute atomic E-state index is 12.2. The molecule has 0 spiro atoms. The van der Waals surface area contributed by atoms with Crippen molar-refractivity contribution < 1.29 is 19.1 Å². The summed E-state index contributed by atoms with van der Waals surface area (Å²) in [7, 11) is 2.92. The Bertz CT molecular complexity index is 734. The Morgan fingerprint density at radius 2 is 1.48 bits per heavy atom. The fourth-order valence-electron chi connectivity index (χ4n) is 1.96. The van der Waals surface area contributed by atoms with Crippen molar-refractivity contribution in [3.63, 3.8) is 0 Å². The molecule has 120 valence electrons. The minimum Gasteiger partial charge on any atom is -0.493 e. The number of hydrogen-bond acceptors (Lipinski definition) is 4. The SMILES string of the molecule is COc1cccc(C(=O)NNC(=O)c2ccccc2Br)c1OC. The van der Waals surface area contributed by atoms with Crippen LogP contribution < -0.4 is 20.3 Å². The van der Waals surface area contributed by atoms with Crippen molar-refractivity contribution in [3.05, 3.63) is 58.1 Å². The van der Waals surface area contributed by atoms with Crippen LogP contribution in [0.1, 0.15) is 20.7 Å². The van der Waals surface area contributed by atoms with Crippen LogP contribution in [0.3, 0.4) is 0 Å². The van der Waals surface area contributed by atoms with E-state index in [2.05, 4.69) is 26.8 Å². The van der Waals surface area contributed by atoms with Crippen LogP contribution in [0.15, 0.2) is 46.9 Å². The quantitative estimate of drug-likeness (QED) is 0.801. The predicted octanol–water partition coefficient (Wildman–Crippen LogP) is 2.54. The maximum Gasteiger partial charge on any atom is 0.273 e. The van der Waals surface area contributed by atoms with Crippen molar-refractivity contribution in [2.24, 2.45) is 0 Å². The molecule has 0 aromatic heterocycles. The van der Waals surface area contributed by atoms with Crippen LogP contribution >= 0.6 is 15.9 Å². The first-order chi connectivity index (χ1) is 11.1. The second kappa shape index (κ2) is 7.64. The average Bonchev–Trinajstić information content (AvgIpc) is 2.58. The molecule has 2 rings (SSSR count). The molecule has 0 atom stereocenters. The summed E-state index contributed by atoms with van der Waals surface area (Å²) in [6.45, 7) is 0. The van der Waals surface area contributed by atoms with E-state index >= 15 is 0 Å². The number of carbonyl (C=O) groups excluding carboxylic acids is 2. The van der Waals surface area contributed by atoms with Gasteiger partial charge in [-0.3, -0.25) is 20.4 Å². The lowest BCUT2D eigenvalue weighted by atomic mass is 10.1. The molecule has 0 aliphatic heterocycles. The lowest BCUT2D eigenvalue weighted by Crippen LogP contribution is -2.41. The van der Waals surface area contributed by atoms with Crippen LogP contribution in [0.5, 0.6) is 11.5 Å². The zero-order valence-corrected chi connectivity index (χ0v) is 14.1. The Morgan fingerprint density at radius 3 is 2.09 bits per heavy atom. The molecule has 0 aliphatic rings. The zero-order valence-electron chi connectivity index (χ0n) is 12.6. The molecule has 2 amide bonds. The fraction of sp³-hybridized carbons (Fsp3) is 0.125. The van der Waals surface area contributed by atoms with Crippen molar-refractivity contribution in [1.82, 2.24) is 10.9 Å². The number of halogens is 1. The van der Waals surface area contributed by atoms with Crippen molar-refractivity contribution in [2.45, 2.75) is 0 Å². The van der Waals surface area contributed by atoms with Crippen LogP contribution in [-0.4, -0.2) is 26.0 Å². The van der Waals surface area contributed by atoms with Gasteiger partial charge in [-0.1, -0.05) is 18.2 Å². The molecule has 0 heterocycles. The fourth-order valence-corrected chi connectivity index (χ4v) is 2.42. The van der Waals surface area contributed by atoms with Gasteiger partial charge >= 0.3 is 0 Å². The molecule has 6 nitrogen and oxygen atoms in total. The number of rotatable bonds is 4. The highest BCUT2D eigenvalue weighted by Crippen LogP contribution is 2.30. The number of ether oxygens (including phenoxy) is 2. The molecular formula is C16H15BrN2O4. The number of amides is 2. The molecule has 7 heteroatoms. The molecule has 0 saturated carbocycles. The Labute approximate surface area is 141 Å². The number of nitrogens with one attached hydrogen (secondary N) is 2. The first-order valence-corrected chi connectivity index (χ1v) is 7.44. The molecule has 0 saturated heterocycles. The van der Waals surface area contributed by atoms with Crippen LogP contribution in [0.4, 0.5) is 0 Å². The number of hydrazine groups is 1. The lowest BCUT2D eigenvalue weighted by molar-refractivity contribution is 0.0844. The van der Waals surface area contributed by atoms with E-state index in [0.29, 0.717) is 21.5 Å². The van der Waals surface area contributed by atoms with Crippen LogP contribution in [0, 0.1) is 0 Å². The Morgan fingerprint density at radius 1 is 0.870 bits per heavy atom. The van der Waals surface area contributed by atoms with Gasteiger partial charge in [0.25, 0.3) is 11.8 Å². The van der Waals surface area contributed by atoms with Gasteiger partial charge in [0.1, 0.15) is 0 Å². The molecule has 0 radical (unpaired) electrons. The topological polar surface area (TPSA) is 76.7 Å². The minimum absolute atomic E-state index is 0.249. The summed E-state index contributed by atoms with van der Waals surface area (Å²) in [5.74, 6) is -0.228. The summed E-state index contributed by atoms with van der Waals surface area (Å²) in [5.41, 5.74) is 5.37. The third-order valence-corrected chi connectivity index (χ3v) is 3.75. The molecule has 2 aromatic rings. The highest BCUT2D eigenvalue weighted by Gasteiger charge is 2.17. The van der Waals surface area contributed by atoms with E-state index in [0.717, 1.165) is 0 Å². The van der Waals surface area contributed by atoms with Gasteiger partial charge in [-0.2, -0.15) is 0 Å². The molecule has 0 unspecified atom stereocenters. The van der Waals surface area contributed by atoms with Crippen molar-refractivity contribution >= 4 is 27.7 Å². The number of benzene rings is 2. The Balaban J connectivity index is 2.12. The van der Waals surface area contributed by atoms with Gasteiger partial charge in [-0.25, -0.2) is 0 Å². The van der Waals surface area contributed by atoms with Gasteiger partial charge in [0.15, 0.2) is 11.5 Å². The summed E-state index contributed by atoms with van der Waals surface area (Å²) in [6, 6.07) is 11.8. The standard InChI is InChI=1S/C16H15BrN2O4/c1-22-13-9-5-7-11(14(13)23-2)16(21)19-18-15(20)10-6-3-4-8-12(10)17/h3-9H,1-2H3,(H,18,20)(H,19,21). The summed E-state index contributed by atoms with van der Waals surface area (Å²) >= 11 is 3.28. The van der Waals surface area contributed by atoms with Crippen molar-refractivity contribution in [2.75, 3.05) is 14.2 Å². The van der Waals surface area contributed by atoms with Crippen LogP contribution in [0.2, 0.25) is 0 Å². The third-order valence-electron chi connectivity index (χ3n) is 3.06. The Kier molecular flexibility index (Phi) is 5.59. The van der Waals surface area contributed by atoms with Gasteiger partial charge in [0, 0.05) is 4.47 Å². The summed E-state index contributed by atoms with van der Waals surface area (Å²) in [6.07, 6.45) is 0. The average molecular weight is 379 g/mol. The molecule has 0 fully saturated rings. The molecule has 0 aliphatic carbocycles. The highest BCUT2D eigenvalue weighted by atomic mass is 79.9. The van der Waals surface area contributed by atoms with Crippen molar-refractivity contribution in [1.29, 1.82) is 0 Å². The second-order valence-corrected chi connectivity index (χ2v) is 5.28. The first kappa shape index (κ1) is 16.8. The minimum atomic E-state index is -0.513. The molecule has 23 heavy (non-hydrogen) atoms. The van der Waals surface area contributed by atoms with E-state index in [-0.39, 0.29) is 5.56 Å². The third kappa shape index (κ3) is 3.81. The summed E-state index contributed by atoms with van der Waals surface area (Å²) in [5, 5.41) is 0. The predicted molar refractivity (Wildman–Crippen MR) is 88.6 cm³/mol. The van der Waals surface area contributed by atoms with E-state index in [1.54, 1.807) is 42.5 Å². The first-order valence-electron chi connectivity index (χ1n) is 6.64. The summed E-state index contributed by atoms with van der Waals surface area (Å²) in [4.78, 5) is 24.3. The molecule has 0 bridgehead atoms. The Hall–Kier alpha value is -2.54. The van der Waals surface area contributed by atoms with E-state index in [4.69, 9.17) is 9.47 Å². The van der Waals surface area contributed by atoms with E-state index in [1.165, 1.54) is 14.2 Å². The number of hydrogen-bond donors (Lipinski definition) is 2. The number of para-hydroxylation sites is 1. The zero-order chi connectivity index (χ0) is 16.8. The molecule has 2 N–H and O–H groups in total. The van der Waals surface area contributed by atoms with E-state index < -0.39 is 11.8 Å². The van der Waals surface area contributed by atoms with Crippen LogP contribution in [0.25, 0.3) is 0 Å². The molecule has 2 aromatic carbocycles. The van der Waals surface area contributed by atoms with Crippen molar-refractivity contribution in [3.8, 4) is 11.5 Å². The largest absolute Gasteiger partial charge is 0.493 e.